The minimum absolute atomic E-state index is 0.0448. The first kappa shape index (κ1) is 15.0. The third-order valence-electron chi connectivity index (χ3n) is 2.38. The minimum Gasteiger partial charge on any atom is -0.380 e. The number of nitrogens with two attached hydrogens (primary N) is 1. The molecule has 10 heteroatoms. The average molecular weight is 318 g/mol. The highest BCUT2D eigenvalue weighted by Gasteiger charge is 2.35. The van der Waals surface area contributed by atoms with Gasteiger partial charge in [0.2, 0.25) is 0 Å². The van der Waals surface area contributed by atoms with Gasteiger partial charge in [-0.1, -0.05) is 11.2 Å². The number of hydrogen-bond acceptors (Lipinski definition) is 5. The van der Waals surface area contributed by atoms with Crippen molar-refractivity contribution >= 4 is 23.1 Å². The Morgan fingerprint density at radius 1 is 1.52 bits per heavy atom. The Morgan fingerprint density at radius 3 is 2.76 bits per heavy atom. The van der Waals surface area contributed by atoms with Crippen LogP contribution < -0.4 is 5.73 Å². The Kier molecular flexibility index (Phi) is 3.98. The van der Waals surface area contributed by atoms with E-state index in [1.165, 1.54) is 18.4 Å². The number of halogens is 3. The van der Waals surface area contributed by atoms with Gasteiger partial charge in [0.05, 0.1) is 4.88 Å². The first-order chi connectivity index (χ1) is 9.79. The summed E-state index contributed by atoms with van der Waals surface area (Å²) in [6.45, 7) is 0. The molecule has 0 fully saturated rings. The number of alkyl halides is 3. The zero-order valence-electron chi connectivity index (χ0n) is 10.6. The number of nitrogens with zero attached hydrogens (tertiary/aromatic N) is 3. The maximum Gasteiger partial charge on any atom is 0.435 e. The van der Waals surface area contributed by atoms with Gasteiger partial charge in [0.15, 0.2) is 11.5 Å². The number of thiophene rings is 1. The number of oxime groups is 1. The van der Waals surface area contributed by atoms with E-state index >= 15 is 0 Å². The lowest BCUT2D eigenvalue weighted by atomic mass is 10.3. The summed E-state index contributed by atoms with van der Waals surface area (Å²) in [7, 11) is 1.19. The van der Waals surface area contributed by atoms with Crippen LogP contribution in [0.2, 0.25) is 0 Å². The summed E-state index contributed by atoms with van der Waals surface area (Å²) < 4.78 is 38.2. The number of hydrogen-bond donors (Lipinski definition) is 1. The molecule has 2 rings (SSSR count). The van der Waals surface area contributed by atoms with Gasteiger partial charge in [-0.25, -0.2) is 4.79 Å². The largest absolute Gasteiger partial charge is 0.435 e. The van der Waals surface area contributed by atoms with E-state index in [0.717, 1.165) is 4.68 Å². The predicted molar refractivity (Wildman–Crippen MR) is 68.7 cm³/mol. The molecule has 21 heavy (non-hydrogen) atoms. The van der Waals surface area contributed by atoms with Crippen LogP contribution in [0.15, 0.2) is 28.7 Å². The van der Waals surface area contributed by atoms with Gasteiger partial charge in [0.1, 0.15) is 5.69 Å². The van der Waals surface area contributed by atoms with Gasteiger partial charge in [-0.2, -0.15) is 18.3 Å². The molecule has 6 nitrogen and oxygen atoms in total. The molecule has 0 aliphatic carbocycles. The monoisotopic (exact) mass is 318 g/mol. The maximum atomic E-state index is 12.5. The molecule has 0 amide bonds. The zero-order valence-corrected chi connectivity index (χ0v) is 11.4. The molecule has 0 spiro atoms. The number of rotatable bonds is 3. The van der Waals surface area contributed by atoms with Crippen LogP contribution in [0.25, 0.3) is 0 Å². The van der Waals surface area contributed by atoms with Crippen molar-refractivity contribution in [2.75, 3.05) is 0 Å². The highest BCUT2D eigenvalue weighted by molar-refractivity contribution is 7.12. The molecule has 0 aliphatic heterocycles. The Hall–Kier alpha value is -2.36. The Labute approximate surface area is 120 Å². The first-order valence-electron chi connectivity index (χ1n) is 5.49. The quantitative estimate of drug-likeness (QED) is 0.406. The SMILES string of the molecule is Cn1nc(C(F)(F)F)cc1C(=O)O/N=C(\N)c1cccs1. The molecular weight excluding hydrogens is 309 g/mol. The van der Waals surface area contributed by atoms with Gasteiger partial charge < -0.3 is 10.6 Å². The van der Waals surface area contributed by atoms with Gasteiger partial charge in [0, 0.05) is 13.1 Å². The molecule has 0 unspecified atom stereocenters. The second kappa shape index (κ2) is 5.56. The van der Waals surface area contributed by atoms with Gasteiger partial charge >= 0.3 is 12.1 Å². The second-order valence-electron chi connectivity index (χ2n) is 3.87. The lowest BCUT2D eigenvalue weighted by molar-refractivity contribution is -0.141. The number of aryl methyl sites for hydroxylation is 1. The van der Waals surface area contributed by atoms with E-state index in [9.17, 15) is 18.0 Å². The van der Waals surface area contributed by atoms with Crippen molar-refractivity contribution in [2.24, 2.45) is 17.9 Å². The Balaban J connectivity index is 2.14. The molecule has 0 saturated heterocycles. The summed E-state index contributed by atoms with van der Waals surface area (Å²) in [6, 6.07) is 3.96. The van der Waals surface area contributed by atoms with E-state index < -0.39 is 17.8 Å². The van der Waals surface area contributed by atoms with Gasteiger partial charge in [0.25, 0.3) is 0 Å². The van der Waals surface area contributed by atoms with Crippen LogP contribution in [-0.4, -0.2) is 21.6 Å². The standard InChI is InChI=1S/C11H9F3N4O2S/c1-18-6(5-8(16-18)11(12,13)14)10(19)20-17-9(15)7-3-2-4-21-7/h2-5H,1H3,(H2,15,17). The van der Waals surface area contributed by atoms with Gasteiger partial charge in [-0.05, 0) is 11.4 Å². The third-order valence-corrected chi connectivity index (χ3v) is 3.27. The van der Waals surface area contributed by atoms with E-state index in [1.54, 1.807) is 17.5 Å². The molecule has 2 N–H and O–H groups in total. The molecular formula is C11H9F3N4O2S. The van der Waals surface area contributed by atoms with Crippen molar-refractivity contribution in [2.45, 2.75) is 6.18 Å². The van der Waals surface area contributed by atoms with E-state index in [1.807, 2.05) is 0 Å². The van der Waals surface area contributed by atoms with Crippen LogP contribution >= 0.6 is 11.3 Å². The van der Waals surface area contributed by atoms with Crippen molar-refractivity contribution in [3.63, 3.8) is 0 Å². The van der Waals surface area contributed by atoms with E-state index in [4.69, 9.17) is 5.73 Å². The van der Waals surface area contributed by atoms with E-state index in [0.29, 0.717) is 10.9 Å². The van der Waals surface area contributed by atoms with Crippen LogP contribution in [0, 0.1) is 0 Å². The molecule has 2 aromatic rings. The van der Waals surface area contributed by atoms with Crippen molar-refractivity contribution in [3.8, 4) is 0 Å². The van der Waals surface area contributed by atoms with E-state index in [-0.39, 0.29) is 11.5 Å². The fourth-order valence-corrected chi connectivity index (χ4v) is 2.02. The van der Waals surface area contributed by atoms with Gasteiger partial charge in [-0.15, -0.1) is 11.3 Å². The van der Waals surface area contributed by atoms with Gasteiger partial charge in [-0.3, -0.25) is 4.68 Å². The van der Waals surface area contributed by atoms with Crippen LogP contribution in [0.5, 0.6) is 0 Å². The Morgan fingerprint density at radius 2 is 2.24 bits per heavy atom. The average Bonchev–Trinajstić information content (AvgIpc) is 3.03. The van der Waals surface area contributed by atoms with Crippen molar-refractivity contribution in [1.82, 2.24) is 9.78 Å². The molecule has 0 aromatic carbocycles. The molecule has 2 aromatic heterocycles. The lowest BCUT2D eigenvalue weighted by Gasteiger charge is -1.99. The molecule has 0 atom stereocenters. The normalized spacial score (nSPS) is 12.5. The number of aromatic nitrogens is 2. The lowest BCUT2D eigenvalue weighted by Crippen LogP contribution is -2.15. The molecule has 0 aliphatic rings. The fourth-order valence-electron chi connectivity index (χ4n) is 1.40. The minimum atomic E-state index is -4.64. The first-order valence-corrected chi connectivity index (χ1v) is 6.37. The summed E-state index contributed by atoms with van der Waals surface area (Å²) >= 11 is 1.28. The van der Waals surface area contributed by atoms with Crippen LogP contribution in [-0.2, 0) is 18.1 Å². The molecule has 112 valence electrons. The maximum absolute atomic E-state index is 12.5. The third kappa shape index (κ3) is 3.40. The summed E-state index contributed by atoms with van der Waals surface area (Å²) in [5, 5.41) is 8.33. The Bertz CT molecular complexity index is 676. The number of amidine groups is 1. The topological polar surface area (TPSA) is 82.5 Å². The molecule has 0 radical (unpaired) electrons. The fraction of sp³-hybridized carbons (Fsp3) is 0.182. The molecule has 2 heterocycles. The second-order valence-corrected chi connectivity index (χ2v) is 4.82. The number of carbonyl (C=O) groups excluding carboxylic acids is 1. The number of carbonyl (C=O) groups is 1. The van der Waals surface area contributed by atoms with Crippen LogP contribution in [0.4, 0.5) is 13.2 Å². The summed E-state index contributed by atoms with van der Waals surface area (Å²) in [6.07, 6.45) is -4.64. The van der Waals surface area contributed by atoms with Crippen LogP contribution in [0.3, 0.4) is 0 Å². The molecule has 0 bridgehead atoms. The van der Waals surface area contributed by atoms with Crippen molar-refractivity contribution < 1.29 is 22.8 Å². The molecule has 0 saturated carbocycles. The van der Waals surface area contributed by atoms with Crippen molar-refractivity contribution in [3.05, 3.63) is 39.8 Å². The predicted octanol–water partition coefficient (Wildman–Crippen LogP) is 1.98. The van der Waals surface area contributed by atoms with E-state index in [2.05, 4.69) is 15.1 Å². The highest BCUT2D eigenvalue weighted by atomic mass is 32.1. The smallest absolute Gasteiger partial charge is 0.380 e. The highest BCUT2D eigenvalue weighted by Crippen LogP contribution is 2.28. The zero-order chi connectivity index (χ0) is 15.6. The van der Waals surface area contributed by atoms with Crippen molar-refractivity contribution in [1.29, 1.82) is 0 Å². The summed E-state index contributed by atoms with van der Waals surface area (Å²) in [5.74, 6) is -1.13. The van der Waals surface area contributed by atoms with Crippen LogP contribution in [0.1, 0.15) is 21.1 Å². The summed E-state index contributed by atoms with van der Waals surface area (Å²) in [5.41, 5.74) is 3.99. The summed E-state index contributed by atoms with van der Waals surface area (Å²) in [4.78, 5) is 16.8.